The summed E-state index contributed by atoms with van der Waals surface area (Å²) in [6, 6.07) is 19.4. The van der Waals surface area contributed by atoms with Crippen molar-refractivity contribution in [1.29, 1.82) is 0 Å². The summed E-state index contributed by atoms with van der Waals surface area (Å²) in [5, 5.41) is 0. The number of rotatable bonds is 5. The first-order chi connectivity index (χ1) is 9.64. The lowest BCUT2D eigenvalue weighted by Crippen LogP contribution is -2.28. The minimum atomic E-state index is -3.26. The Labute approximate surface area is 119 Å². The first-order valence-corrected chi connectivity index (χ1v) is 8.38. The summed E-state index contributed by atoms with van der Waals surface area (Å²) in [5.74, 6) is 0.369. The summed E-state index contributed by atoms with van der Waals surface area (Å²) < 4.78 is 27.0. The Bertz CT molecular complexity index is 668. The highest BCUT2D eigenvalue weighted by atomic mass is 32.2. The van der Waals surface area contributed by atoms with Gasteiger partial charge >= 0.3 is 0 Å². The van der Waals surface area contributed by atoms with Crippen molar-refractivity contribution in [3.05, 3.63) is 71.8 Å². The van der Waals surface area contributed by atoms with Gasteiger partial charge < -0.3 is 0 Å². The summed E-state index contributed by atoms with van der Waals surface area (Å²) in [6.45, 7) is 0. The summed E-state index contributed by atoms with van der Waals surface area (Å²) in [6.07, 6.45) is 0.887. The average molecular weight is 287 g/mol. The van der Waals surface area contributed by atoms with Crippen LogP contribution in [0.3, 0.4) is 0 Å². The van der Waals surface area contributed by atoms with E-state index in [1.54, 1.807) is 0 Å². The van der Waals surface area contributed by atoms with Crippen molar-refractivity contribution in [1.82, 2.24) is 4.72 Å². The van der Waals surface area contributed by atoms with E-state index in [9.17, 15) is 8.42 Å². The van der Waals surface area contributed by atoms with Crippen LogP contribution in [0.2, 0.25) is 0 Å². The van der Waals surface area contributed by atoms with Crippen molar-refractivity contribution in [3.8, 4) is 0 Å². The van der Waals surface area contributed by atoms with Crippen molar-refractivity contribution in [2.24, 2.45) is 0 Å². The molecular weight excluding hydrogens is 270 g/mol. The molecule has 0 heterocycles. The maximum atomic E-state index is 12.1. The SMILES string of the molecule is O=S(=O)(Cc1ccccc1)NC1CC1c1ccccc1. The van der Waals surface area contributed by atoms with E-state index in [-0.39, 0.29) is 11.8 Å². The highest BCUT2D eigenvalue weighted by Gasteiger charge is 2.40. The van der Waals surface area contributed by atoms with E-state index >= 15 is 0 Å². The molecule has 104 valence electrons. The largest absolute Gasteiger partial charge is 0.216 e. The summed E-state index contributed by atoms with van der Waals surface area (Å²) >= 11 is 0. The van der Waals surface area contributed by atoms with Gasteiger partial charge in [-0.05, 0) is 17.5 Å². The second kappa shape index (κ2) is 5.38. The van der Waals surface area contributed by atoms with E-state index in [2.05, 4.69) is 16.9 Å². The van der Waals surface area contributed by atoms with Crippen LogP contribution in [0.1, 0.15) is 23.5 Å². The maximum absolute atomic E-state index is 12.1. The van der Waals surface area contributed by atoms with Crippen LogP contribution in [-0.2, 0) is 15.8 Å². The normalized spacial score (nSPS) is 21.6. The number of nitrogens with one attached hydrogen (secondary N) is 1. The molecule has 2 unspecified atom stereocenters. The van der Waals surface area contributed by atoms with Crippen LogP contribution in [0.15, 0.2) is 60.7 Å². The van der Waals surface area contributed by atoms with Gasteiger partial charge in [0.1, 0.15) is 0 Å². The van der Waals surface area contributed by atoms with Gasteiger partial charge in [-0.15, -0.1) is 0 Å². The van der Waals surface area contributed by atoms with E-state index in [0.29, 0.717) is 5.92 Å². The highest BCUT2D eigenvalue weighted by molar-refractivity contribution is 7.88. The molecular formula is C16H17NO2S. The Kier molecular flexibility index (Phi) is 3.59. The van der Waals surface area contributed by atoms with Gasteiger partial charge in [0.2, 0.25) is 10.0 Å². The third-order valence-corrected chi connectivity index (χ3v) is 4.92. The predicted octanol–water partition coefficient (Wildman–Crippen LogP) is 2.66. The molecule has 1 N–H and O–H groups in total. The van der Waals surface area contributed by atoms with Gasteiger partial charge in [-0.2, -0.15) is 0 Å². The Morgan fingerprint density at radius 2 is 1.55 bits per heavy atom. The number of benzene rings is 2. The highest BCUT2D eigenvalue weighted by Crippen LogP contribution is 2.41. The van der Waals surface area contributed by atoms with Crippen LogP contribution >= 0.6 is 0 Å². The van der Waals surface area contributed by atoms with Crippen LogP contribution in [-0.4, -0.2) is 14.5 Å². The van der Waals surface area contributed by atoms with Gasteiger partial charge in [0.15, 0.2) is 0 Å². The second-order valence-corrected chi connectivity index (χ2v) is 6.98. The first kappa shape index (κ1) is 13.3. The molecule has 2 aromatic carbocycles. The molecule has 0 aromatic heterocycles. The zero-order valence-electron chi connectivity index (χ0n) is 11.1. The Morgan fingerprint density at radius 1 is 0.950 bits per heavy atom. The third kappa shape index (κ3) is 3.26. The van der Waals surface area contributed by atoms with Crippen LogP contribution in [0, 0.1) is 0 Å². The quantitative estimate of drug-likeness (QED) is 0.919. The number of sulfonamides is 1. The van der Waals surface area contributed by atoms with Crippen LogP contribution in [0.4, 0.5) is 0 Å². The average Bonchev–Trinajstić information content (AvgIpc) is 3.18. The van der Waals surface area contributed by atoms with Crippen molar-refractivity contribution < 1.29 is 8.42 Å². The zero-order chi connectivity index (χ0) is 14.0. The second-order valence-electron chi connectivity index (χ2n) is 5.22. The van der Waals surface area contributed by atoms with Gasteiger partial charge in [-0.3, -0.25) is 0 Å². The fourth-order valence-corrected chi connectivity index (χ4v) is 3.90. The first-order valence-electron chi connectivity index (χ1n) is 6.73. The van der Waals surface area contributed by atoms with E-state index in [0.717, 1.165) is 12.0 Å². The monoisotopic (exact) mass is 287 g/mol. The number of hydrogen-bond acceptors (Lipinski definition) is 2. The third-order valence-electron chi connectivity index (χ3n) is 3.55. The van der Waals surface area contributed by atoms with Crippen molar-refractivity contribution in [3.63, 3.8) is 0 Å². The fourth-order valence-electron chi connectivity index (χ4n) is 2.46. The summed E-state index contributed by atoms with van der Waals surface area (Å²) in [4.78, 5) is 0. The molecule has 0 saturated heterocycles. The molecule has 20 heavy (non-hydrogen) atoms. The van der Waals surface area contributed by atoms with Gasteiger partial charge in [-0.1, -0.05) is 60.7 Å². The van der Waals surface area contributed by atoms with Gasteiger partial charge in [-0.25, -0.2) is 13.1 Å². The van der Waals surface area contributed by atoms with Gasteiger partial charge in [0.25, 0.3) is 0 Å². The predicted molar refractivity (Wildman–Crippen MR) is 79.8 cm³/mol. The lowest BCUT2D eigenvalue weighted by Gasteiger charge is -2.06. The fraction of sp³-hybridized carbons (Fsp3) is 0.250. The standard InChI is InChI=1S/C16H17NO2S/c18-20(19,12-13-7-3-1-4-8-13)17-16-11-15(16)14-9-5-2-6-10-14/h1-10,15-17H,11-12H2. The minimum absolute atomic E-state index is 0.0473. The Balaban J connectivity index is 1.62. The van der Waals surface area contributed by atoms with Crippen molar-refractivity contribution >= 4 is 10.0 Å². The molecule has 1 saturated carbocycles. The van der Waals surface area contributed by atoms with Crippen LogP contribution in [0.25, 0.3) is 0 Å². The molecule has 0 aliphatic heterocycles. The molecule has 0 radical (unpaired) electrons. The molecule has 2 aromatic rings. The molecule has 0 amide bonds. The van der Waals surface area contributed by atoms with E-state index in [4.69, 9.17) is 0 Å². The van der Waals surface area contributed by atoms with Crippen LogP contribution < -0.4 is 4.72 Å². The molecule has 1 fully saturated rings. The molecule has 0 spiro atoms. The van der Waals surface area contributed by atoms with E-state index in [1.165, 1.54) is 5.56 Å². The van der Waals surface area contributed by atoms with E-state index in [1.807, 2.05) is 48.5 Å². The number of hydrogen-bond donors (Lipinski definition) is 1. The molecule has 2 atom stereocenters. The molecule has 4 heteroatoms. The molecule has 3 rings (SSSR count). The van der Waals surface area contributed by atoms with Crippen molar-refractivity contribution in [2.45, 2.75) is 24.1 Å². The van der Waals surface area contributed by atoms with E-state index < -0.39 is 10.0 Å². The summed E-state index contributed by atoms with van der Waals surface area (Å²) in [7, 11) is -3.26. The van der Waals surface area contributed by atoms with Crippen molar-refractivity contribution in [2.75, 3.05) is 0 Å². The molecule has 3 nitrogen and oxygen atoms in total. The maximum Gasteiger partial charge on any atom is 0.216 e. The lowest BCUT2D eigenvalue weighted by molar-refractivity contribution is 0.579. The Morgan fingerprint density at radius 3 is 2.20 bits per heavy atom. The topological polar surface area (TPSA) is 46.2 Å². The molecule has 1 aliphatic carbocycles. The summed E-state index contributed by atoms with van der Waals surface area (Å²) in [5.41, 5.74) is 2.02. The molecule has 0 bridgehead atoms. The lowest BCUT2D eigenvalue weighted by atomic mass is 10.1. The van der Waals surface area contributed by atoms with Crippen LogP contribution in [0.5, 0.6) is 0 Å². The zero-order valence-corrected chi connectivity index (χ0v) is 11.9. The van der Waals surface area contributed by atoms with Gasteiger partial charge in [0, 0.05) is 12.0 Å². The smallest absolute Gasteiger partial charge is 0.212 e. The van der Waals surface area contributed by atoms with Gasteiger partial charge in [0.05, 0.1) is 5.75 Å². The minimum Gasteiger partial charge on any atom is -0.212 e. The molecule has 1 aliphatic rings. The Hall–Kier alpha value is -1.65.